The third-order valence-corrected chi connectivity index (χ3v) is 5.23. The van der Waals surface area contributed by atoms with Crippen LogP contribution in [0, 0.1) is 0 Å². The number of methoxy groups -OCH3 is 2. The first-order valence-corrected chi connectivity index (χ1v) is 9.96. The molecule has 0 unspecified atom stereocenters. The molecule has 164 valence electrons. The van der Waals surface area contributed by atoms with Crippen molar-refractivity contribution in [2.45, 2.75) is 12.5 Å². The first-order valence-electron chi connectivity index (χ1n) is 9.96. The maximum Gasteiger partial charge on any atom is 0.272 e. The third-order valence-electron chi connectivity index (χ3n) is 5.23. The zero-order valence-corrected chi connectivity index (χ0v) is 18.0. The number of carbonyl (C=O) groups excluding carboxylic acids is 1. The summed E-state index contributed by atoms with van der Waals surface area (Å²) in [5.74, 6) is 1.57. The van der Waals surface area contributed by atoms with Crippen molar-refractivity contribution in [3.8, 4) is 11.5 Å². The Morgan fingerprint density at radius 1 is 1.12 bits per heavy atom. The number of imidazole rings is 1. The van der Waals surface area contributed by atoms with Crippen molar-refractivity contribution >= 4 is 16.7 Å². The Labute approximate surface area is 184 Å². The summed E-state index contributed by atoms with van der Waals surface area (Å²) in [5.41, 5.74) is 0.946. The maximum absolute atomic E-state index is 13.1. The van der Waals surface area contributed by atoms with Crippen LogP contribution in [0.15, 0.2) is 59.7 Å². The van der Waals surface area contributed by atoms with Gasteiger partial charge in [-0.1, -0.05) is 18.2 Å². The summed E-state index contributed by atoms with van der Waals surface area (Å²) in [4.78, 5) is 29.6. The molecule has 2 heterocycles. The van der Waals surface area contributed by atoms with Crippen LogP contribution in [0.3, 0.4) is 0 Å². The van der Waals surface area contributed by atoms with Crippen molar-refractivity contribution in [1.82, 2.24) is 25.1 Å². The number of rotatable bonds is 7. The number of aromatic amines is 1. The molecule has 0 bridgehead atoms. The molecular weight excluding hydrogens is 410 g/mol. The fourth-order valence-electron chi connectivity index (χ4n) is 3.62. The number of nitrogens with one attached hydrogen (secondary N) is 2. The van der Waals surface area contributed by atoms with Gasteiger partial charge in [0, 0.05) is 30.9 Å². The van der Waals surface area contributed by atoms with E-state index in [0.29, 0.717) is 33.8 Å². The number of H-pyrrole nitrogens is 1. The lowest BCUT2D eigenvalue weighted by atomic mass is 10.0. The number of amides is 1. The Balaban J connectivity index is 1.69. The summed E-state index contributed by atoms with van der Waals surface area (Å²) in [5, 5.41) is 10.7. The van der Waals surface area contributed by atoms with Gasteiger partial charge >= 0.3 is 0 Å². The molecule has 2 aromatic heterocycles. The Morgan fingerprint density at radius 3 is 2.44 bits per heavy atom. The number of hydrogen-bond acceptors (Lipinski definition) is 6. The molecule has 0 aliphatic carbocycles. The van der Waals surface area contributed by atoms with Crippen molar-refractivity contribution in [2.24, 2.45) is 7.05 Å². The Hall–Kier alpha value is -4.14. The lowest BCUT2D eigenvalue weighted by molar-refractivity contribution is -0.121. The molecule has 1 atom stereocenters. The number of hydrogen-bond donors (Lipinski definition) is 2. The van der Waals surface area contributed by atoms with Crippen molar-refractivity contribution < 1.29 is 14.3 Å². The van der Waals surface area contributed by atoms with Crippen LogP contribution in [-0.4, -0.2) is 39.9 Å². The minimum Gasteiger partial charge on any atom is -0.497 e. The van der Waals surface area contributed by atoms with Gasteiger partial charge in [-0.15, -0.1) is 0 Å². The standard InChI is InChI=1S/C23H23N5O4/c1-28-9-8-24-22(28)21(14-10-15(31-2)12-16(11-14)32-3)25-20(29)13-19-17-6-4-5-7-18(17)23(30)27-26-19/h4-12,21H,13H2,1-3H3,(H,25,29)(H,27,30)/t21-/m1/s1. The molecule has 2 N–H and O–H groups in total. The SMILES string of the molecule is COc1cc(OC)cc([C@@H](NC(=O)Cc2n[nH]c(=O)c3ccccc23)c2nccn2C)c1. The van der Waals surface area contributed by atoms with Crippen LogP contribution in [0.4, 0.5) is 0 Å². The van der Waals surface area contributed by atoms with E-state index in [0.717, 1.165) is 5.56 Å². The summed E-state index contributed by atoms with van der Waals surface area (Å²) >= 11 is 0. The number of aromatic nitrogens is 4. The number of fused-ring (bicyclic) bond motifs is 1. The van der Waals surface area contributed by atoms with Gasteiger partial charge in [0.15, 0.2) is 0 Å². The second kappa shape index (κ2) is 8.93. The molecule has 4 aromatic rings. The van der Waals surface area contributed by atoms with Crippen LogP contribution < -0.4 is 20.3 Å². The number of carbonyl (C=O) groups is 1. The van der Waals surface area contributed by atoms with Crippen LogP contribution >= 0.6 is 0 Å². The topological polar surface area (TPSA) is 111 Å². The second-order valence-electron chi connectivity index (χ2n) is 7.26. The van der Waals surface area contributed by atoms with Crippen molar-refractivity contribution in [3.05, 3.63) is 82.3 Å². The van der Waals surface area contributed by atoms with E-state index < -0.39 is 6.04 Å². The van der Waals surface area contributed by atoms with E-state index in [1.807, 2.05) is 36.0 Å². The van der Waals surface area contributed by atoms with Gasteiger partial charge in [-0.05, 0) is 23.8 Å². The largest absolute Gasteiger partial charge is 0.497 e. The van der Waals surface area contributed by atoms with Gasteiger partial charge in [-0.3, -0.25) is 9.59 Å². The molecule has 1 amide bonds. The third kappa shape index (κ3) is 4.18. The highest BCUT2D eigenvalue weighted by Crippen LogP contribution is 2.29. The van der Waals surface area contributed by atoms with Gasteiger partial charge < -0.3 is 19.4 Å². The van der Waals surface area contributed by atoms with Crippen molar-refractivity contribution in [2.75, 3.05) is 14.2 Å². The smallest absolute Gasteiger partial charge is 0.272 e. The van der Waals surface area contributed by atoms with Gasteiger partial charge in [0.25, 0.3) is 5.56 Å². The highest BCUT2D eigenvalue weighted by Gasteiger charge is 2.23. The second-order valence-corrected chi connectivity index (χ2v) is 7.26. The molecule has 9 heteroatoms. The summed E-state index contributed by atoms with van der Waals surface area (Å²) in [6.07, 6.45) is 3.46. The summed E-state index contributed by atoms with van der Waals surface area (Å²) in [6, 6.07) is 11.9. The number of nitrogens with zero attached hydrogens (tertiary/aromatic N) is 3. The molecule has 0 saturated heterocycles. The van der Waals surface area contributed by atoms with Crippen molar-refractivity contribution in [3.63, 3.8) is 0 Å². The minimum absolute atomic E-state index is 0.0146. The lowest BCUT2D eigenvalue weighted by Gasteiger charge is -2.20. The molecular formula is C23H23N5O4. The van der Waals surface area contributed by atoms with Crippen molar-refractivity contribution in [1.29, 1.82) is 0 Å². The average molecular weight is 433 g/mol. The fourth-order valence-corrected chi connectivity index (χ4v) is 3.62. The Bertz CT molecular complexity index is 1310. The van der Waals surface area contributed by atoms with Gasteiger partial charge in [0.1, 0.15) is 23.4 Å². The first-order chi connectivity index (χ1) is 15.5. The zero-order chi connectivity index (χ0) is 22.7. The van der Waals surface area contributed by atoms with E-state index in [9.17, 15) is 9.59 Å². The molecule has 0 aliphatic rings. The predicted octanol–water partition coefficient (Wildman–Crippen LogP) is 2.12. The van der Waals surface area contributed by atoms with Crippen LogP contribution in [-0.2, 0) is 18.3 Å². The predicted molar refractivity (Wildman–Crippen MR) is 119 cm³/mol. The molecule has 32 heavy (non-hydrogen) atoms. The van der Waals surface area contributed by atoms with E-state index in [4.69, 9.17) is 9.47 Å². The molecule has 0 fully saturated rings. The molecule has 9 nitrogen and oxygen atoms in total. The monoisotopic (exact) mass is 433 g/mol. The number of benzene rings is 2. The van der Waals surface area contributed by atoms with E-state index >= 15 is 0 Å². The van der Waals surface area contributed by atoms with E-state index in [1.165, 1.54) is 0 Å². The van der Waals surface area contributed by atoms with E-state index in [1.54, 1.807) is 44.7 Å². The van der Waals surface area contributed by atoms with Gasteiger partial charge in [0.2, 0.25) is 5.91 Å². The van der Waals surface area contributed by atoms with Crippen LogP contribution in [0.1, 0.15) is 23.1 Å². The van der Waals surface area contributed by atoms with Gasteiger partial charge in [-0.2, -0.15) is 5.10 Å². The molecule has 0 spiro atoms. The normalized spacial score (nSPS) is 11.8. The van der Waals surface area contributed by atoms with Crippen LogP contribution in [0.5, 0.6) is 11.5 Å². The zero-order valence-electron chi connectivity index (χ0n) is 18.0. The highest BCUT2D eigenvalue weighted by molar-refractivity contribution is 5.88. The quantitative estimate of drug-likeness (QED) is 0.462. The summed E-state index contributed by atoms with van der Waals surface area (Å²) < 4.78 is 12.6. The minimum atomic E-state index is -0.555. The van der Waals surface area contributed by atoms with E-state index in [2.05, 4.69) is 20.5 Å². The number of ether oxygens (including phenoxy) is 2. The molecule has 0 aliphatic heterocycles. The van der Waals surface area contributed by atoms with Crippen LogP contribution in [0.2, 0.25) is 0 Å². The molecule has 2 aromatic carbocycles. The lowest BCUT2D eigenvalue weighted by Crippen LogP contribution is -2.32. The number of aryl methyl sites for hydroxylation is 1. The summed E-state index contributed by atoms with van der Waals surface area (Å²) in [7, 11) is 5.00. The van der Waals surface area contributed by atoms with Crippen LogP contribution in [0.25, 0.3) is 10.8 Å². The fraction of sp³-hybridized carbons (Fsp3) is 0.217. The molecule has 0 radical (unpaired) electrons. The summed E-state index contributed by atoms with van der Waals surface area (Å²) in [6.45, 7) is 0. The van der Waals surface area contributed by atoms with Gasteiger partial charge in [0.05, 0.1) is 31.7 Å². The Morgan fingerprint density at radius 2 is 1.81 bits per heavy atom. The maximum atomic E-state index is 13.1. The molecule has 4 rings (SSSR count). The highest BCUT2D eigenvalue weighted by atomic mass is 16.5. The average Bonchev–Trinajstić information content (AvgIpc) is 3.24. The first kappa shape index (κ1) is 21.1. The molecule has 0 saturated carbocycles. The van der Waals surface area contributed by atoms with Gasteiger partial charge in [-0.25, -0.2) is 10.1 Å². The van der Waals surface area contributed by atoms with E-state index in [-0.39, 0.29) is 17.9 Å². The Kier molecular flexibility index (Phi) is 5.89.